The molecule has 2 aromatic rings. The second-order valence-corrected chi connectivity index (χ2v) is 8.01. The van der Waals surface area contributed by atoms with E-state index in [1.165, 1.54) is 18.2 Å². The predicted octanol–water partition coefficient (Wildman–Crippen LogP) is 4.28. The molecule has 2 aliphatic rings. The Bertz CT molecular complexity index is 1080. The number of amides is 3. The number of benzene rings is 2. The summed E-state index contributed by atoms with van der Waals surface area (Å²) in [7, 11) is 0. The molecule has 0 radical (unpaired) electrons. The highest BCUT2D eigenvalue weighted by Gasteiger charge is 2.40. The molecule has 1 fully saturated rings. The summed E-state index contributed by atoms with van der Waals surface area (Å²) in [6.45, 7) is 2.79. The molecule has 1 N–H and O–H groups in total. The van der Waals surface area contributed by atoms with Crippen LogP contribution < -0.4 is 10.2 Å². The van der Waals surface area contributed by atoms with Gasteiger partial charge in [0.2, 0.25) is 0 Å². The van der Waals surface area contributed by atoms with Gasteiger partial charge in [-0.2, -0.15) is 0 Å². The van der Waals surface area contributed by atoms with Crippen LogP contribution in [-0.2, 0) is 9.59 Å². The third kappa shape index (κ3) is 3.93. The maximum Gasteiger partial charge on any atom is 0.283 e. The van der Waals surface area contributed by atoms with Gasteiger partial charge in [0.1, 0.15) is 16.5 Å². The molecule has 31 heavy (non-hydrogen) atoms. The number of likely N-dealkylation sites (tertiary alicyclic amines) is 1. The highest BCUT2D eigenvalue weighted by atomic mass is 35.5. The summed E-state index contributed by atoms with van der Waals surface area (Å²) in [6, 6.07) is 12.3. The Balaban J connectivity index is 1.51. The molecule has 160 valence electrons. The molecule has 1 atom stereocenters. The zero-order valence-electron chi connectivity index (χ0n) is 16.9. The van der Waals surface area contributed by atoms with Gasteiger partial charge < -0.3 is 10.2 Å². The molecular weight excluding hydrogens is 421 g/mol. The number of nitrogens with one attached hydrogen (secondary N) is 1. The van der Waals surface area contributed by atoms with E-state index in [0.717, 1.165) is 31.9 Å². The summed E-state index contributed by atoms with van der Waals surface area (Å²) in [5.74, 6) is -2.29. The first-order valence-electron chi connectivity index (χ1n) is 10.1. The second-order valence-electron chi connectivity index (χ2n) is 7.63. The van der Waals surface area contributed by atoms with Crippen LogP contribution in [-0.4, -0.2) is 35.2 Å². The van der Waals surface area contributed by atoms with Crippen LogP contribution in [0.25, 0.3) is 0 Å². The van der Waals surface area contributed by atoms with Crippen molar-refractivity contribution in [3.63, 3.8) is 0 Å². The summed E-state index contributed by atoms with van der Waals surface area (Å²) in [5, 5.41) is 2.51. The molecule has 2 aromatic carbocycles. The summed E-state index contributed by atoms with van der Waals surface area (Å²) < 4.78 is 14.1. The molecular formula is C23H21ClFN3O3. The number of nitrogens with zero attached hydrogens (tertiary/aromatic N) is 2. The third-order valence-corrected chi connectivity index (χ3v) is 5.94. The summed E-state index contributed by atoms with van der Waals surface area (Å²) in [6.07, 6.45) is 3.12. The molecule has 8 heteroatoms. The van der Waals surface area contributed by atoms with E-state index < -0.39 is 17.6 Å². The van der Waals surface area contributed by atoms with E-state index in [2.05, 4.69) is 5.32 Å². The molecule has 0 aliphatic carbocycles. The van der Waals surface area contributed by atoms with Gasteiger partial charge in [0.25, 0.3) is 17.7 Å². The summed E-state index contributed by atoms with van der Waals surface area (Å²) in [5.41, 5.74) is 0.719. The predicted molar refractivity (Wildman–Crippen MR) is 116 cm³/mol. The molecule has 4 rings (SSSR count). The van der Waals surface area contributed by atoms with Gasteiger partial charge in [-0.3, -0.25) is 14.4 Å². The van der Waals surface area contributed by atoms with Gasteiger partial charge in [-0.05, 0) is 62.6 Å². The zero-order chi connectivity index (χ0) is 22.1. The lowest BCUT2D eigenvalue weighted by Crippen LogP contribution is -2.42. The van der Waals surface area contributed by atoms with E-state index in [1.807, 2.05) is 11.8 Å². The summed E-state index contributed by atoms with van der Waals surface area (Å²) in [4.78, 5) is 40.6. The number of anilines is 2. The SMILES string of the molecule is CC1CCCCN1C(=O)c1ccc(NC2=C(Cl)C(=O)N(c3ccccc3F)C2=O)cc1. The first-order valence-corrected chi connectivity index (χ1v) is 10.5. The maximum absolute atomic E-state index is 14.1. The molecule has 6 nitrogen and oxygen atoms in total. The zero-order valence-corrected chi connectivity index (χ0v) is 17.7. The number of imide groups is 1. The average molecular weight is 442 g/mol. The van der Waals surface area contributed by atoms with Crippen LogP contribution in [0.4, 0.5) is 15.8 Å². The second kappa shape index (κ2) is 8.51. The quantitative estimate of drug-likeness (QED) is 0.719. The lowest BCUT2D eigenvalue weighted by Gasteiger charge is -2.33. The van der Waals surface area contributed by atoms with Gasteiger partial charge in [-0.1, -0.05) is 23.7 Å². The Morgan fingerprint density at radius 3 is 2.45 bits per heavy atom. The number of hydrogen-bond acceptors (Lipinski definition) is 4. The lowest BCUT2D eigenvalue weighted by atomic mass is 10.0. The molecule has 0 bridgehead atoms. The third-order valence-electron chi connectivity index (χ3n) is 5.59. The van der Waals surface area contributed by atoms with Crippen LogP contribution >= 0.6 is 11.6 Å². The molecule has 3 amide bonds. The van der Waals surface area contributed by atoms with Crippen LogP contribution in [0.15, 0.2) is 59.3 Å². The monoisotopic (exact) mass is 441 g/mol. The largest absolute Gasteiger partial charge is 0.350 e. The van der Waals surface area contributed by atoms with Crippen LogP contribution in [0.1, 0.15) is 36.5 Å². The lowest BCUT2D eigenvalue weighted by molar-refractivity contribution is -0.120. The van der Waals surface area contributed by atoms with Crippen molar-refractivity contribution < 1.29 is 18.8 Å². The number of halogens is 2. The van der Waals surface area contributed by atoms with E-state index in [0.29, 0.717) is 16.2 Å². The number of para-hydroxylation sites is 1. The van der Waals surface area contributed by atoms with Gasteiger partial charge in [-0.25, -0.2) is 9.29 Å². The first kappa shape index (κ1) is 21.1. The Morgan fingerprint density at radius 1 is 1.06 bits per heavy atom. The van der Waals surface area contributed by atoms with E-state index >= 15 is 0 Å². The van der Waals surface area contributed by atoms with Gasteiger partial charge >= 0.3 is 0 Å². The number of carbonyl (C=O) groups is 3. The fraction of sp³-hybridized carbons (Fsp3) is 0.261. The van der Waals surface area contributed by atoms with Gasteiger partial charge in [0.15, 0.2) is 0 Å². The number of carbonyl (C=O) groups excluding carboxylic acids is 3. The maximum atomic E-state index is 14.1. The fourth-order valence-corrected chi connectivity index (χ4v) is 4.08. The number of piperidine rings is 1. The number of hydrogen-bond donors (Lipinski definition) is 1. The first-order chi connectivity index (χ1) is 14.9. The smallest absolute Gasteiger partial charge is 0.283 e. The topological polar surface area (TPSA) is 69.7 Å². The Morgan fingerprint density at radius 2 is 1.77 bits per heavy atom. The van der Waals surface area contributed by atoms with Crippen molar-refractivity contribution >= 4 is 40.7 Å². The van der Waals surface area contributed by atoms with Crippen molar-refractivity contribution in [3.8, 4) is 0 Å². The van der Waals surface area contributed by atoms with E-state index in [-0.39, 0.29) is 28.4 Å². The minimum absolute atomic E-state index is 0.0335. The normalized spacial score (nSPS) is 19.3. The average Bonchev–Trinajstić information content (AvgIpc) is 2.98. The summed E-state index contributed by atoms with van der Waals surface area (Å²) >= 11 is 6.09. The van der Waals surface area contributed by atoms with Crippen molar-refractivity contribution in [1.82, 2.24) is 4.90 Å². The van der Waals surface area contributed by atoms with Crippen LogP contribution in [0, 0.1) is 5.82 Å². The van der Waals surface area contributed by atoms with E-state index in [1.54, 1.807) is 24.3 Å². The molecule has 2 heterocycles. The minimum atomic E-state index is -0.801. The molecule has 1 saturated heterocycles. The Kier molecular flexibility index (Phi) is 5.78. The van der Waals surface area contributed by atoms with Crippen LogP contribution in [0.5, 0.6) is 0 Å². The van der Waals surface area contributed by atoms with Crippen molar-refractivity contribution in [3.05, 3.63) is 70.6 Å². The molecule has 2 aliphatic heterocycles. The fourth-order valence-electron chi connectivity index (χ4n) is 3.87. The van der Waals surface area contributed by atoms with E-state index in [4.69, 9.17) is 11.6 Å². The molecule has 0 spiro atoms. The van der Waals surface area contributed by atoms with Gasteiger partial charge in [0.05, 0.1) is 5.69 Å². The highest BCUT2D eigenvalue weighted by molar-refractivity contribution is 6.53. The van der Waals surface area contributed by atoms with Crippen molar-refractivity contribution in [2.24, 2.45) is 0 Å². The Labute approximate surface area is 184 Å². The Hall–Kier alpha value is -3.19. The molecule has 0 aromatic heterocycles. The molecule has 1 unspecified atom stereocenters. The van der Waals surface area contributed by atoms with Crippen LogP contribution in [0.2, 0.25) is 0 Å². The van der Waals surface area contributed by atoms with Crippen molar-refractivity contribution in [2.45, 2.75) is 32.2 Å². The van der Waals surface area contributed by atoms with Crippen molar-refractivity contribution in [2.75, 3.05) is 16.8 Å². The molecule has 0 saturated carbocycles. The van der Waals surface area contributed by atoms with Crippen molar-refractivity contribution in [1.29, 1.82) is 0 Å². The van der Waals surface area contributed by atoms with Gasteiger partial charge in [-0.15, -0.1) is 0 Å². The number of rotatable bonds is 4. The standard InChI is InChI=1S/C23H21ClFN3O3/c1-14-6-4-5-13-27(14)21(29)15-9-11-16(12-10-15)26-20-19(24)22(30)28(23(20)31)18-8-3-2-7-17(18)25/h2-3,7-12,14,26H,4-6,13H2,1H3. The van der Waals surface area contributed by atoms with Gasteiger partial charge in [0, 0.05) is 23.8 Å². The minimum Gasteiger partial charge on any atom is -0.350 e. The van der Waals surface area contributed by atoms with Crippen LogP contribution in [0.3, 0.4) is 0 Å². The highest BCUT2D eigenvalue weighted by Crippen LogP contribution is 2.31. The van der Waals surface area contributed by atoms with E-state index in [9.17, 15) is 18.8 Å².